The van der Waals surface area contributed by atoms with Crippen LogP contribution in [0.2, 0.25) is 0 Å². The van der Waals surface area contributed by atoms with Gasteiger partial charge in [-0.25, -0.2) is 0 Å². The molecule has 0 heteroatoms. The van der Waals surface area contributed by atoms with Crippen LogP contribution in [0.4, 0.5) is 0 Å². The Balaban J connectivity index is 0.000000861. The molecular weight excluding hydrogens is 228 g/mol. The largest absolute Gasteiger partial charge is 0.0710 e. The van der Waals surface area contributed by atoms with Crippen LogP contribution in [-0.4, -0.2) is 0 Å². The van der Waals surface area contributed by atoms with Gasteiger partial charge < -0.3 is 0 Å². The number of rotatable bonds is 1. The predicted molar refractivity (Wildman–Crippen MR) is 87.6 cm³/mol. The molecule has 0 amide bonds. The van der Waals surface area contributed by atoms with E-state index >= 15 is 0 Å². The molecule has 112 valence electrons. The summed E-state index contributed by atoms with van der Waals surface area (Å²) in [4.78, 5) is 0. The minimum absolute atomic E-state index is 0.634. The Morgan fingerprint density at radius 1 is 0.737 bits per heavy atom. The van der Waals surface area contributed by atoms with E-state index in [1.54, 1.807) is 0 Å². The second kappa shape index (κ2) is 8.82. The molecule has 0 aromatic heterocycles. The van der Waals surface area contributed by atoms with Gasteiger partial charge in [-0.2, -0.15) is 0 Å². The molecule has 0 saturated carbocycles. The van der Waals surface area contributed by atoms with Crippen molar-refractivity contribution in [2.75, 3.05) is 0 Å². The maximum Gasteiger partial charge on any atom is -0.0312 e. The Morgan fingerprint density at radius 2 is 1.26 bits per heavy atom. The lowest BCUT2D eigenvalue weighted by Crippen LogP contribution is -2.15. The highest BCUT2D eigenvalue weighted by molar-refractivity contribution is 5.16. The summed E-state index contributed by atoms with van der Waals surface area (Å²) >= 11 is 0. The first-order valence-corrected chi connectivity index (χ1v) is 8.93. The van der Waals surface area contributed by atoms with Crippen molar-refractivity contribution in [1.29, 1.82) is 0 Å². The Kier molecular flexibility index (Phi) is 7.80. The SMILES string of the molecule is CC.CCC1(C)CCCCC2=C(CCCCC2)CC1. The van der Waals surface area contributed by atoms with Crippen LogP contribution in [0.1, 0.15) is 105 Å². The van der Waals surface area contributed by atoms with Crippen molar-refractivity contribution in [2.24, 2.45) is 5.41 Å². The second-order valence-corrected chi connectivity index (χ2v) is 6.64. The Morgan fingerprint density at radius 3 is 1.84 bits per heavy atom. The second-order valence-electron chi connectivity index (χ2n) is 6.64. The van der Waals surface area contributed by atoms with Crippen molar-refractivity contribution < 1.29 is 0 Å². The van der Waals surface area contributed by atoms with Gasteiger partial charge in [0.15, 0.2) is 0 Å². The van der Waals surface area contributed by atoms with Gasteiger partial charge >= 0.3 is 0 Å². The third kappa shape index (κ3) is 5.32. The molecule has 1 atom stereocenters. The zero-order chi connectivity index (χ0) is 14.1. The van der Waals surface area contributed by atoms with Crippen LogP contribution in [0.5, 0.6) is 0 Å². The fourth-order valence-corrected chi connectivity index (χ4v) is 3.63. The van der Waals surface area contributed by atoms with Crippen LogP contribution in [0.25, 0.3) is 0 Å². The number of hydrogen-bond acceptors (Lipinski definition) is 0. The van der Waals surface area contributed by atoms with Crippen molar-refractivity contribution in [1.82, 2.24) is 0 Å². The highest BCUT2D eigenvalue weighted by Gasteiger charge is 2.24. The molecule has 19 heavy (non-hydrogen) atoms. The van der Waals surface area contributed by atoms with E-state index in [1.165, 1.54) is 77.0 Å². The molecule has 0 radical (unpaired) electrons. The van der Waals surface area contributed by atoms with Crippen LogP contribution in [0.15, 0.2) is 11.1 Å². The lowest BCUT2D eigenvalue weighted by atomic mass is 9.77. The maximum atomic E-state index is 2.52. The summed E-state index contributed by atoms with van der Waals surface area (Å²) in [5, 5.41) is 0. The van der Waals surface area contributed by atoms with Crippen molar-refractivity contribution in [3.05, 3.63) is 11.1 Å². The van der Waals surface area contributed by atoms with Crippen molar-refractivity contribution in [3.63, 3.8) is 0 Å². The summed E-state index contributed by atoms with van der Waals surface area (Å²) in [6.45, 7) is 8.91. The molecule has 0 saturated heterocycles. The van der Waals surface area contributed by atoms with E-state index in [1.807, 2.05) is 25.0 Å². The van der Waals surface area contributed by atoms with Crippen LogP contribution in [-0.2, 0) is 0 Å². The Hall–Kier alpha value is -0.260. The van der Waals surface area contributed by atoms with Crippen LogP contribution in [0.3, 0.4) is 0 Å². The summed E-state index contributed by atoms with van der Waals surface area (Å²) in [6.07, 6.45) is 17.3. The van der Waals surface area contributed by atoms with Gasteiger partial charge in [-0.1, -0.05) is 58.1 Å². The number of hydrogen-bond donors (Lipinski definition) is 0. The lowest BCUT2D eigenvalue weighted by Gasteiger charge is -2.28. The molecule has 0 spiro atoms. The fraction of sp³-hybridized carbons (Fsp3) is 0.895. The molecule has 0 aromatic carbocycles. The molecule has 0 N–H and O–H groups in total. The van der Waals surface area contributed by atoms with Gasteiger partial charge in [0.05, 0.1) is 0 Å². The monoisotopic (exact) mass is 264 g/mol. The van der Waals surface area contributed by atoms with E-state index in [0.717, 1.165) is 0 Å². The summed E-state index contributed by atoms with van der Waals surface area (Å²) in [6, 6.07) is 0. The van der Waals surface area contributed by atoms with E-state index in [9.17, 15) is 0 Å². The van der Waals surface area contributed by atoms with Gasteiger partial charge in [-0.15, -0.1) is 0 Å². The quantitative estimate of drug-likeness (QED) is 0.445. The molecule has 0 fully saturated rings. The van der Waals surface area contributed by atoms with E-state index in [2.05, 4.69) is 13.8 Å². The molecule has 0 heterocycles. The van der Waals surface area contributed by atoms with Crippen LogP contribution >= 0.6 is 0 Å². The third-order valence-corrected chi connectivity index (χ3v) is 5.35. The minimum Gasteiger partial charge on any atom is -0.0710 e. The molecule has 2 aliphatic rings. The van der Waals surface area contributed by atoms with Crippen LogP contribution < -0.4 is 0 Å². The first-order valence-electron chi connectivity index (χ1n) is 8.93. The summed E-state index contributed by atoms with van der Waals surface area (Å²) in [5.74, 6) is 0. The zero-order valence-electron chi connectivity index (χ0n) is 14.0. The number of allylic oxidation sites excluding steroid dienone is 2. The Bertz CT molecular complexity index is 274. The van der Waals surface area contributed by atoms with E-state index in [0.29, 0.717) is 5.41 Å². The first kappa shape index (κ1) is 16.8. The normalized spacial score (nSPS) is 29.1. The third-order valence-electron chi connectivity index (χ3n) is 5.35. The van der Waals surface area contributed by atoms with Gasteiger partial charge in [0.25, 0.3) is 0 Å². The summed E-state index contributed by atoms with van der Waals surface area (Å²) < 4.78 is 0. The molecule has 0 aromatic rings. The van der Waals surface area contributed by atoms with Gasteiger partial charge in [-0.3, -0.25) is 0 Å². The van der Waals surface area contributed by atoms with Gasteiger partial charge in [0.1, 0.15) is 0 Å². The molecule has 0 bridgehead atoms. The summed E-state index contributed by atoms with van der Waals surface area (Å²) in [7, 11) is 0. The highest BCUT2D eigenvalue weighted by atomic mass is 14.3. The molecule has 2 rings (SSSR count). The van der Waals surface area contributed by atoms with E-state index in [4.69, 9.17) is 0 Å². The minimum atomic E-state index is 0.634. The highest BCUT2D eigenvalue weighted by Crippen LogP contribution is 2.40. The molecule has 0 aliphatic heterocycles. The first-order chi connectivity index (χ1) is 9.23. The van der Waals surface area contributed by atoms with E-state index in [-0.39, 0.29) is 0 Å². The molecule has 1 unspecified atom stereocenters. The van der Waals surface area contributed by atoms with Gasteiger partial charge in [0, 0.05) is 0 Å². The molecule has 0 nitrogen and oxygen atoms in total. The van der Waals surface area contributed by atoms with E-state index < -0.39 is 0 Å². The van der Waals surface area contributed by atoms with Crippen molar-refractivity contribution >= 4 is 0 Å². The predicted octanol–water partition coefficient (Wildman–Crippen LogP) is 7.04. The molecule has 2 aliphatic carbocycles. The van der Waals surface area contributed by atoms with Crippen molar-refractivity contribution in [2.45, 2.75) is 105 Å². The summed E-state index contributed by atoms with van der Waals surface area (Å²) in [5.41, 5.74) is 4.39. The van der Waals surface area contributed by atoms with Crippen LogP contribution in [0, 0.1) is 5.41 Å². The van der Waals surface area contributed by atoms with Gasteiger partial charge in [0.2, 0.25) is 0 Å². The lowest BCUT2D eigenvalue weighted by molar-refractivity contribution is 0.253. The average Bonchev–Trinajstić information content (AvgIpc) is 2.64. The Labute approximate surface area is 122 Å². The topological polar surface area (TPSA) is 0 Å². The standard InChI is InChI=1S/C17H30.C2H6/c1-3-17(2)13-8-7-11-15-9-5-4-6-10-16(15)12-14-17;1-2/h3-14H2,1-2H3;1-2H3. The van der Waals surface area contributed by atoms with Crippen molar-refractivity contribution in [3.8, 4) is 0 Å². The average molecular weight is 264 g/mol. The fourth-order valence-electron chi connectivity index (χ4n) is 3.63. The van der Waals surface area contributed by atoms with Gasteiger partial charge in [-0.05, 0) is 63.2 Å². The smallest absolute Gasteiger partial charge is 0.0312 e. The maximum absolute atomic E-state index is 2.52. The zero-order valence-corrected chi connectivity index (χ0v) is 14.0. The molecular formula is C19H36.